The van der Waals surface area contributed by atoms with Crippen LogP contribution in [-0.4, -0.2) is 31.7 Å². The van der Waals surface area contributed by atoms with Gasteiger partial charge in [-0.3, -0.25) is 0 Å². The molecule has 0 amide bonds. The van der Waals surface area contributed by atoms with Crippen LogP contribution >= 0.6 is 11.6 Å². The summed E-state index contributed by atoms with van der Waals surface area (Å²) in [7, 11) is 1.90. The van der Waals surface area contributed by atoms with Crippen LogP contribution in [0.4, 0.5) is 0 Å². The SMILES string of the molecule is CN1COCC(NCc2ccc(Cl)cc2)=C1N=COc1ccc(C#N)cc1. The van der Waals surface area contributed by atoms with Gasteiger partial charge in [0.05, 0.1) is 23.9 Å². The van der Waals surface area contributed by atoms with E-state index in [1.165, 1.54) is 6.40 Å². The Kier molecular flexibility index (Phi) is 6.31. The molecule has 1 N–H and O–H groups in total. The van der Waals surface area contributed by atoms with E-state index in [2.05, 4.69) is 16.4 Å². The van der Waals surface area contributed by atoms with E-state index in [4.69, 9.17) is 26.3 Å². The van der Waals surface area contributed by atoms with E-state index in [0.717, 1.165) is 17.1 Å². The first-order valence-electron chi connectivity index (χ1n) is 8.35. The van der Waals surface area contributed by atoms with Crippen LogP contribution < -0.4 is 10.1 Å². The quantitative estimate of drug-likeness (QED) is 0.611. The first-order valence-corrected chi connectivity index (χ1v) is 8.73. The van der Waals surface area contributed by atoms with Gasteiger partial charge in [0, 0.05) is 18.6 Å². The Morgan fingerprint density at radius 2 is 2.00 bits per heavy atom. The summed E-state index contributed by atoms with van der Waals surface area (Å²) in [6.07, 6.45) is 1.39. The van der Waals surface area contributed by atoms with Gasteiger partial charge in [0.15, 0.2) is 12.2 Å². The van der Waals surface area contributed by atoms with Crippen molar-refractivity contribution >= 4 is 18.0 Å². The first kappa shape index (κ1) is 18.8. The Morgan fingerprint density at radius 3 is 2.70 bits per heavy atom. The van der Waals surface area contributed by atoms with Gasteiger partial charge in [0.25, 0.3) is 0 Å². The molecule has 6 nitrogen and oxygen atoms in total. The summed E-state index contributed by atoms with van der Waals surface area (Å²) in [6, 6.07) is 16.6. The lowest BCUT2D eigenvalue weighted by Gasteiger charge is -2.28. The number of nitrogens with zero attached hydrogens (tertiary/aromatic N) is 3. The van der Waals surface area contributed by atoms with Crippen LogP contribution in [-0.2, 0) is 11.3 Å². The zero-order chi connectivity index (χ0) is 19.1. The molecule has 0 unspecified atom stereocenters. The zero-order valence-corrected chi connectivity index (χ0v) is 15.6. The van der Waals surface area contributed by atoms with E-state index < -0.39 is 0 Å². The van der Waals surface area contributed by atoms with Crippen molar-refractivity contribution < 1.29 is 9.47 Å². The summed E-state index contributed by atoms with van der Waals surface area (Å²) < 4.78 is 11.1. The number of nitrogens with one attached hydrogen (secondary N) is 1. The van der Waals surface area contributed by atoms with Crippen molar-refractivity contribution in [3.63, 3.8) is 0 Å². The van der Waals surface area contributed by atoms with Gasteiger partial charge < -0.3 is 19.7 Å². The summed E-state index contributed by atoms with van der Waals surface area (Å²) >= 11 is 5.92. The molecule has 7 heteroatoms. The van der Waals surface area contributed by atoms with E-state index in [1.54, 1.807) is 24.3 Å². The molecule has 0 radical (unpaired) electrons. The highest BCUT2D eigenvalue weighted by atomic mass is 35.5. The van der Waals surface area contributed by atoms with Gasteiger partial charge >= 0.3 is 0 Å². The maximum absolute atomic E-state index is 8.83. The minimum atomic E-state index is 0.446. The largest absolute Gasteiger partial charge is 0.446 e. The molecule has 0 saturated heterocycles. The number of rotatable bonds is 6. The fourth-order valence-electron chi connectivity index (χ4n) is 2.50. The summed E-state index contributed by atoms with van der Waals surface area (Å²) in [6.45, 7) is 1.54. The highest BCUT2D eigenvalue weighted by Crippen LogP contribution is 2.16. The molecule has 0 saturated carbocycles. The van der Waals surface area contributed by atoms with Crippen LogP contribution in [0.5, 0.6) is 5.75 Å². The van der Waals surface area contributed by atoms with Crippen LogP contribution in [0.15, 0.2) is 65.0 Å². The highest BCUT2D eigenvalue weighted by Gasteiger charge is 2.17. The summed E-state index contributed by atoms with van der Waals surface area (Å²) in [5, 5.41) is 12.9. The predicted molar refractivity (Wildman–Crippen MR) is 104 cm³/mol. The summed E-state index contributed by atoms with van der Waals surface area (Å²) in [4.78, 5) is 6.33. The molecule has 2 aromatic carbocycles. The monoisotopic (exact) mass is 382 g/mol. The Balaban J connectivity index is 1.67. The van der Waals surface area contributed by atoms with Crippen LogP contribution in [0.1, 0.15) is 11.1 Å². The molecule has 0 fully saturated rings. The van der Waals surface area contributed by atoms with Crippen LogP contribution in [0.2, 0.25) is 5.02 Å². The maximum Gasteiger partial charge on any atom is 0.183 e. The molecular weight excluding hydrogens is 364 g/mol. The number of halogens is 1. The van der Waals surface area contributed by atoms with E-state index >= 15 is 0 Å². The maximum atomic E-state index is 8.83. The van der Waals surface area contributed by atoms with Gasteiger partial charge in [-0.25, -0.2) is 4.99 Å². The van der Waals surface area contributed by atoms with Gasteiger partial charge in [-0.2, -0.15) is 5.26 Å². The first-order chi connectivity index (χ1) is 13.2. The van der Waals surface area contributed by atoms with Gasteiger partial charge in [0.2, 0.25) is 0 Å². The number of benzene rings is 2. The van der Waals surface area contributed by atoms with Gasteiger partial charge in [-0.15, -0.1) is 0 Å². The molecule has 0 bridgehead atoms. The summed E-state index contributed by atoms with van der Waals surface area (Å²) in [5.74, 6) is 1.37. The lowest BCUT2D eigenvalue weighted by atomic mass is 10.2. The van der Waals surface area contributed by atoms with Crippen LogP contribution in [0, 0.1) is 11.3 Å². The molecule has 3 rings (SSSR count). The lowest BCUT2D eigenvalue weighted by molar-refractivity contribution is 0.0494. The third-order valence-electron chi connectivity index (χ3n) is 3.93. The van der Waals surface area contributed by atoms with Gasteiger partial charge in [0.1, 0.15) is 12.5 Å². The number of hydrogen-bond donors (Lipinski definition) is 1. The lowest BCUT2D eigenvalue weighted by Crippen LogP contribution is -2.33. The minimum Gasteiger partial charge on any atom is -0.446 e. The number of nitriles is 1. The van der Waals surface area contributed by atoms with Gasteiger partial charge in [-0.1, -0.05) is 23.7 Å². The molecule has 0 aliphatic carbocycles. The predicted octanol–water partition coefficient (Wildman–Crippen LogP) is 3.50. The van der Waals surface area contributed by atoms with Crippen molar-refractivity contribution in [2.24, 2.45) is 4.99 Å². The number of ether oxygens (including phenoxy) is 2. The highest BCUT2D eigenvalue weighted by molar-refractivity contribution is 6.30. The average molecular weight is 383 g/mol. The molecule has 1 aliphatic heterocycles. The topological polar surface area (TPSA) is 69.9 Å². The Hall–Kier alpha value is -3.01. The molecule has 138 valence electrons. The molecule has 0 spiro atoms. The molecule has 0 atom stereocenters. The van der Waals surface area contributed by atoms with E-state index in [9.17, 15) is 0 Å². The van der Waals surface area contributed by atoms with Crippen molar-refractivity contribution in [3.05, 3.63) is 76.2 Å². The normalized spacial score (nSPS) is 14.3. The van der Waals surface area contributed by atoms with Crippen molar-refractivity contribution in [3.8, 4) is 11.8 Å². The van der Waals surface area contributed by atoms with Crippen molar-refractivity contribution in [1.29, 1.82) is 5.26 Å². The van der Waals surface area contributed by atoms with Crippen molar-refractivity contribution in [1.82, 2.24) is 10.2 Å². The van der Waals surface area contributed by atoms with E-state index in [0.29, 0.717) is 36.2 Å². The Labute approximate surface area is 163 Å². The number of aliphatic imine (C=N–C) groups is 1. The van der Waals surface area contributed by atoms with E-state index in [-0.39, 0.29) is 0 Å². The van der Waals surface area contributed by atoms with Crippen molar-refractivity contribution in [2.45, 2.75) is 6.54 Å². The smallest absolute Gasteiger partial charge is 0.183 e. The molecule has 1 aliphatic rings. The van der Waals surface area contributed by atoms with E-state index in [1.807, 2.05) is 36.2 Å². The second-order valence-electron chi connectivity index (χ2n) is 5.95. The molecule has 2 aromatic rings. The molecule has 27 heavy (non-hydrogen) atoms. The van der Waals surface area contributed by atoms with Gasteiger partial charge in [-0.05, 0) is 42.0 Å². The third-order valence-corrected chi connectivity index (χ3v) is 4.18. The number of hydrogen-bond acceptors (Lipinski definition) is 6. The summed E-state index contributed by atoms with van der Waals surface area (Å²) in [5.41, 5.74) is 2.57. The van der Waals surface area contributed by atoms with Crippen LogP contribution in [0.3, 0.4) is 0 Å². The standard InChI is InChI=1S/C20H19ClN4O2/c1-25-14-26-12-19(23-11-16-2-6-17(21)7-3-16)20(25)24-13-27-18-8-4-15(10-22)5-9-18/h2-9,13,23H,11-12,14H2,1H3. The van der Waals surface area contributed by atoms with Crippen molar-refractivity contribution in [2.75, 3.05) is 20.4 Å². The fraction of sp³-hybridized carbons (Fsp3) is 0.200. The zero-order valence-electron chi connectivity index (χ0n) is 14.9. The Bertz CT molecular complexity index is 870. The minimum absolute atomic E-state index is 0.446. The second-order valence-corrected chi connectivity index (χ2v) is 6.38. The third kappa shape index (κ3) is 5.23. The second kappa shape index (κ2) is 9.08. The molecule has 1 heterocycles. The molecule has 0 aromatic heterocycles. The Morgan fingerprint density at radius 1 is 1.26 bits per heavy atom. The fourth-order valence-corrected chi connectivity index (χ4v) is 2.63. The average Bonchev–Trinajstić information content (AvgIpc) is 2.69. The molecular formula is C20H19ClN4O2. The van der Waals surface area contributed by atoms with Crippen LogP contribution in [0.25, 0.3) is 0 Å².